The SMILES string of the molecule is CCO[Si](CC(CC)CC)(OCC)C(C)(C)CC(C)CC. The highest BCUT2D eigenvalue weighted by molar-refractivity contribution is 6.70. The third-order valence-corrected chi connectivity index (χ3v) is 9.95. The van der Waals surface area contributed by atoms with Gasteiger partial charge in [-0.25, -0.2) is 0 Å². The molecule has 0 rings (SSSR count). The van der Waals surface area contributed by atoms with Gasteiger partial charge in [0.25, 0.3) is 0 Å². The highest BCUT2D eigenvalue weighted by Crippen LogP contribution is 2.48. The van der Waals surface area contributed by atoms with Crippen LogP contribution in [-0.4, -0.2) is 21.8 Å². The first-order valence-corrected chi connectivity index (χ1v) is 11.1. The fraction of sp³-hybridized carbons (Fsp3) is 1.00. The molecule has 0 saturated heterocycles. The predicted octanol–water partition coefficient (Wildman–Crippen LogP) is 6.15. The van der Waals surface area contributed by atoms with Crippen molar-refractivity contribution in [2.45, 2.75) is 92.2 Å². The molecule has 1 unspecified atom stereocenters. The Kier molecular flexibility index (Phi) is 10.1. The maximum atomic E-state index is 6.43. The minimum absolute atomic E-state index is 0.164. The lowest BCUT2D eigenvalue weighted by atomic mass is 9.96. The first-order chi connectivity index (χ1) is 9.82. The van der Waals surface area contributed by atoms with Gasteiger partial charge in [-0.05, 0) is 38.1 Å². The topological polar surface area (TPSA) is 18.5 Å². The van der Waals surface area contributed by atoms with E-state index in [0.717, 1.165) is 31.1 Å². The Hall–Kier alpha value is 0.137. The fourth-order valence-electron chi connectivity index (χ4n) is 3.42. The zero-order valence-electron chi connectivity index (χ0n) is 15.9. The second-order valence-corrected chi connectivity index (χ2v) is 11.0. The van der Waals surface area contributed by atoms with Crippen LogP contribution >= 0.6 is 0 Å². The van der Waals surface area contributed by atoms with Gasteiger partial charge in [0.1, 0.15) is 0 Å². The van der Waals surface area contributed by atoms with Crippen molar-refractivity contribution < 1.29 is 8.85 Å². The van der Waals surface area contributed by atoms with E-state index in [1.54, 1.807) is 0 Å². The minimum atomic E-state index is -2.21. The lowest BCUT2D eigenvalue weighted by molar-refractivity contribution is 0.144. The van der Waals surface area contributed by atoms with Gasteiger partial charge >= 0.3 is 8.56 Å². The van der Waals surface area contributed by atoms with Crippen LogP contribution in [0.3, 0.4) is 0 Å². The van der Waals surface area contributed by atoms with E-state index in [-0.39, 0.29) is 5.04 Å². The largest absolute Gasteiger partial charge is 0.394 e. The predicted molar refractivity (Wildman–Crippen MR) is 96.0 cm³/mol. The Bertz CT molecular complexity index is 256. The van der Waals surface area contributed by atoms with Crippen LogP contribution in [0, 0.1) is 11.8 Å². The van der Waals surface area contributed by atoms with Crippen molar-refractivity contribution in [1.29, 1.82) is 0 Å². The van der Waals surface area contributed by atoms with Gasteiger partial charge in [0.2, 0.25) is 0 Å². The summed E-state index contributed by atoms with van der Waals surface area (Å²) in [7, 11) is -2.21. The lowest BCUT2D eigenvalue weighted by Crippen LogP contribution is -2.53. The molecule has 0 spiro atoms. The van der Waals surface area contributed by atoms with Gasteiger partial charge in [-0.2, -0.15) is 0 Å². The molecule has 0 N–H and O–H groups in total. The van der Waals surface area contributed by atoms with Gasteiger partial charge in [0.15, 0.2) is 0 Å². The van der Waals surface area contributed by atoms with Gasteiger partial charge in [-0.1, -0.05) is 60.8 Å². The molecule has 0 radical (unpaired) electrons. The molecule has 0 saturated carbocycles. The second kappa shape index (κ2) is 10.0. The third-order valence-electron chi connectivity index (χ3n) is 5.05. The minimum Gasteiger partial charge on any atom is -0.394 e. The molecule has 0 aromatic heterocycles. The molecule has 0 aliphatic rings. The monoisotopic (exact) mass is 316 g/mol. The van der Waals surface area contributed by atoms with Crippen molar-refractivity contribution in [2.24, 2.45) is 11.8 Å². The summed E-state index contributed by atoms with van der Waals surface area (Å²) in [5, 5.41) is 0.164. The van der Waals surface area contributed by atoms with Gasteiger partial charge in [-0.15, -0.1) is 0 Å². The summed E-state index contributed by atoms with van der Waals surface area (Å²) in [5.74, 6) is 1.46. The normalized spacial score (nSPS) is 14.7. The summed E-state index contributed by atoms with van der Waals surface area (Å²) in [6.07, 6.45) is 4.89. The molecule has 1 atom stereocenters. The van der Waals surface area contributed by atoms with E-state index >= 15 is 0 Å². The van der Waals surface area contributed by atoms with Crippen LogP contribution in [-0.2, 0) is 8.85 Å². The smallest absolute Gasteiger partial charge is 0.344 e. The Balaban J connectivity index is 5.40. The average molecular weight is 317 g/mol. The summed E-state index contributed by atoms with van der Waals surface area (Å²) in [6.45, 7) is 19.8. The van der Waals surface area contributed by atoms with E-state index in [1.165, 1.54) is 25.7 Å². The summed E-state index contributed by atoms with van der Waals surface area (Å²) < 4.78 is 12.9. The third kappa shape index (κ3) is 6.03. The Morgan fingerprint density at radius 2 is 1.33 bits per heavy atom. The van der Waals surface area contributed by atoms with E-state index in [4.69, 9.17) is 8.85 Å². The van der Waals surface area contributed by atoms with E-state index in [0.29, 0.717) is 0 Å². The molecular weight excluding hydrogens is 276 g/mol. The molecule has 0 fully saturated rings. The quantitative estimate of drug-likeness (QED) is 0.402. The molecule has 0 heterocycles. The molecule has 0 aliphatic heterocycles. The Labute approximate surface area is 135 Å². The average Bonchev–Trinajstić information content (AvgIpc) is 2.44. The molecule has 21 heavy (non-hydrogen) atoms. The van der Waals surface area contributed by atoms with E-state index in [9.17, 15) is 0 Å². The molecular formula is C18H40O2Si. The molecule has 0 amide bonds. The van der Waals surface area contributed by atoms with E-state index in [1.807, 2.05) is 0 Å². The van der Waals surface area contributed by atoms with Crippen molar-refractivity contribution in [1.82, 2.24) is 0 Å². The Morgan fingerprint density at radius 3 is 1.67 bits per heavy atom. The summed E-state index contributed by atoms with van der Waals surface area (Å²) in [6, 6.07) is 1.14. The van der Waals surface area contributed by atoms with Gasteiger partial charge in [0.05, 0.1) is 0 Å². The van der Waals surface area contributed by atoms with Crippen molar-refractivity contribution in [3.8, 4) is 0 Å². The first kappa shape index (κ1) is 21.1. The number of hydrogen-bond acceptors (Lipinski definition) is 2. The van der Waals surface area contributed by atoms with Gasteiger partial charge in [-0.3, -0.25) is 0 Å². The van der Waals surface area contributed by atoms with E-state index < -0.39 is 8.56 Å². The maximum absolute atomic E-state index is 6.43. The zero-order valence-corrected chi connectivity index (χ0v) is 16.9. The molecule has 2 nitrogen and oxygen atoms in total. The Morgan fingerprint density at radius 1 is 0.857 bits per heavy atom. The van der Waals surface area contributed by atoms with Gasteiger partial charge in [0, 0.05) is 18.3 Å². The summed E-state index contributed by atoms with van der Waals surface area (Å²) >= 11 is 0. The first-order valence-electron chi connectivity index (χ1n) is 9.10. The second-order valence-electron chi connectivity index (χ2n) is 7.11. The summed E-state index contributed by atoms with van der Waals surface area (Å²) in [4.78, 5) is 0. The standard InChI is InChI=1S/C18H40O2Si/c1-9-16(6)14-18(7,8)21(19-12-4,20-13-5)15-17(10-2)11-3/h16-17H,9-15H2,1-8H3. The molecule has 0 aromatic rings. The molecule has 0 bridgehead atoms. The van der Waals surface area contributed by atoms with Crippen molar-refractivity contribution >= 4 is 8.56 Å². The van der Waals surface area contributed by atoms with Crippen LogP contribution in [0.5, 0.6) is 0 Å². The van der Waals surface area contributed by atoms with Crippen molar-refractivity contribution in [3.05, 3.63) is 0 Å². The maximum Gasteiger partial charge on any atom is 0.344 e. The molecule has 0 aromatic carbocycles. The van der Waals surface area contributed by atoms with Crippen molar-refractivity contribution in [2.75, 3.05) is 13.2 Å². The number of hydrogen-bond donors (Lipinski definition) is 0. The van der Waals surface area contributed by atoms with E-state index in [2.05, 4.69) is 55.4 Å². The molecule has 128 valence electrons. The number of rotatable bonds is 12. The fourth-order valence-corrected chi connectivity index (χ4v) is 8.00. The van der Waals surface area contributed by atoms with Crippen LogP contribution in [0.25, 0.3) is 0 Å². The molecule has 0 aliphatic carbocycles. The van der Waals surface area contributed by atoms with Crippen LogP contribution in [0.2, 0.25) is 11.1 Å². The van der Waals surface area contributed by atoms with Crippen LogP contribution in [0.1, 0.15) is 81.1 Å². The van der Waals surface area contributed by atoms with Crippen LogP contribution < -0.4 is 0 Å². The summed E-state index contributed by atoms with van der Waals surface area (Å²) in [5.41, 5.74) is 0. The van der Waals surface area contributed by atoms with Gasteiger partial charge < -0.3 is 8.85 Å². The molecule has 3 heteroatoms. The lowest BCUT2D eigenvalue weighted by Gasteiger charge is -2.45. The highest BCUT2D eigenvalue weighted by Gasteiger charge is 2.52. The van der Waals surface area contributed by atoms with Crippen molar-refractivity contribution in [3.63, 3.8) is 0 Å². The van der Waals surface area contributed by atoms with Crippen LogP contribution in [0.4, 0.5) is 0 Å². The zero-order chi connectivity index (χ0) is 16.5. The highest BCUT2D eigenvalue weighted by atomic mass is 28.4. The van der Waals surface area contributed by atoms with Crippen LogP contribution in [0.15, 0.2) is 0 Å².